The molecule has 17 heavy (non-hydrogen) atoms. The number of amides is 1. The molecule has 1 amide bonds. The molecule has 90 valence electrons. The predicted octanol–water partition coefficient (Wildman–Crippen LogP) is 2.34. The van der Waals surface area contributed by atoms with E-state index in [1.807, 2.05) is 4.90 Å². The van der Waals surface area contributed by atoms with Gasteiger partial charge in [0, 0.05) is 23.7 Å². The van der Waals surface area contributed by atoms with Crippen LogP contribution in [-0.2, 0) is 4.74 Å². The number of carbonyl (C=O) groups excluding carboxylic acids is 1. The van der Waals surface area contributed by atoms with E-state index in [1.54, 1.807) is 24.3 Å². The lowest BCUT2D eigenvalue weighted by Crippen LogP contribution is -2.41. The first-order chi connectivity index (χ1) is 8.19. The maximum Gasteiger partial charge on any atom is 0.253 e. The van der Waals surface area contributed by atoms with Crippen molar-refractivity contribution in [1.82, 2.24) is 4.90 Å². The highest BCUT2D eigenvalue weighted by atomic mass is 35.5. The normalized spacial score (nSPS) is 21.6. The number of ether oxygens (including phenoxy) is 1. The SMILES string of the molecule is O=C(c1ccc(Cl)cc1)N1CCC2(CC1)CO2. The Kier molecular flexibility index (Phi) is 2.60. The van der Waals surface area contributed by atoms with Crippen LogP contribution in [0.25, 0.3) is 0 Å². The number of epoxide rings is 1. The van der Waals surface area contributed by atoms with Crippen LogP contribution in [0.15, 0.2) is 24.3 Å². The molecular weight excluding hydrogens is 238 g/mol. The van der Waals surface area contributed by atoms with Gasteiger partial charge in [-0.25, -0.2) is 0 Å². The van der Waals surface area contributed by atoms with E-state index in [-0.39, 0.29) is 11.5 Å². The van der Waals surface area contributed by atoms with Crippen molar-refractivity contribution < 1.29 is 9.53 Å². The molecule has 3 rings (SSSR count). The molecule has 2 fully saturated rings. The fraction of sp³-hybridized carbons (Fsp3) is 0.462. The van der Waals surface area contributed by atoms with Crippen molar-refractivity contribution in [2.24, 2.45) is 0 Å². The van der Waals surface area contributed by atoms with Crippen LogP contribution in [0.3, 0.4) is 0 Å². The summed E-state index contributed by atoms with van der Waals surface area (Å²) < 4.78 is 5.43. The number of carbonyl (C=O) groups is 1. The second-order valence-corrected chi connectivity index (χ2v) is 5.21. The summed E-state index contributed by atoms with van der Waals surface area (Å²) in [5.41, 5.74) is 0.832. The van der Waals surface area contributed by atoms with Crippen LogP contribution in [0.5, 0.6) is 0 Å². The quantitative estimate of drug-likeness (QED) is 0.718. The van der Waals surface area contributed by atoms with Crippen LogP contribution in [-0.4, -0.2) is 36.1 Å². The summed E-state index contributed by atoms with van der Waals surface area (Å²) in [5.74, 6) is 0.0946. The minimum Gasteiger partial charge on any atom is -0.369 e. The van der Waals surface area contributed by atoms with Gasteiger partial charge in [-0.05, 0) is 37.1 Å². The van der Waals surface area contributed by atoms with Crippen molar-refractivity contribution in [3.63, 3.8) is 0 Å². The second-order valence-electron chi connectivity index (χ2n) is 4.77. The van der Waals surface area contributed by atoms with Crippen LogP contribution in [0.4, 0.5) is 0 Å². The number of piperidine rings is 1. The highest BCUT2D eigenvalue weighted by Crippen LogP contribution is 2.37. The number of halogens is 1. The second kappa shape index (κ2) is 4.00. The average molecular weight is 252 g/mol. The van der Waals surface area contributed by atoms with Crippen LogP contribution in [0.1, 0.15) is 23.2 Å². The molecule has 0 aliphatic carbocycles. The van der Waals surface area contributed by atoms with Gasteiger partial charge in [-0.15, -0.1) is 0 Å². The van der Waals surface area contributed by atoms with Crippen molar-refractivity contribution in [2.45, 2.75) is 18.4 Å². The molecule has 1 spiro atoms. The van der Waals surface area contributed by atoms with Gasteiger partial charge in [-0.3, -0.25) is 4.79 Å². The van der Waals surface area contributed by atoms with Gasteiger partial charge >= 0.3 is 0 Å². The molecule has 1 aromatic carbocycles. The van der Waals surface area contributed by atoms with E-state index in [2.05, 4.69) is 0 Å². The first-order valence-corrected chi connectivity index (χ1v) is 6.25. The van der Waals surface area contributed by atoms with Gasteiger partial charge in [0.15, 0.2) is 0 Å². The molecule has 1 aromatic rings. The Morgan fingerprint density at radius 1 is 1.24 bits per heavy atom. The Balaban J connectivity index is 1.68. The van der Waals surface area contributed by atoms with Gasteiger partial charge in [0.25, 0.3) is 5.91 Å². The van der Waals surface area contributed by atoms with Gasteiger partial charge in [-0.2, -0.15) is 0 Å². The van der Waals surface area contributed by atoms with Crippen LogP contribution < -0.4 is 0 Å². The van der Waals surface area contributed by atoms with E-state index < -0.39 is 0 Å². The maximum atomic E-state index is 12.2. The van der Waals surface area contributed by atoms with Gasteiger partial charge in [0.2, 0.25) is 0 Å². The number of likely N-dealkylation sites (tertiary alicyclic amines) is 1. The fourth-order valence-corrected chi connectivity index (χ4v) is 2.41. The van der Waals surface area contributed by atoms with Gasteiger partial charge in [-0.1, -0.05) is 11.6 Å². The maximum absolute atomic E-state index is 12.2. The Labute approximate surface area is 105 Å². The number of benzene rings is 1. The molecule has 0 atom stereocenters. The summed E-state index contributed by atoms with van der Waals surface area (Å²) in [6.07, 6.45) is 1.93. The molecule has 2 aliphatic heterocycles. The first kappa shape index (κ1) is 11.1. The molecule has 0 bridgehead atoms. The Hall–Kier alpha value is -1.06. The minimum absolute atomic E-state index is 0.0946. The lowest BCUT2D eigenvalue weighted by molar-refractivity contribution is 0.0663. The van der Waals surface area contributed by atoms with Crippen LogP contribution in [0.2, 0.25) is 5.02 Å². The predicted molar refractivity (Wildman–Crippen MR) is 65.3 cm³/mol. The molecule has 2 aliphatic rings. The molecule has 0 saturated carbocycles. The van der Waals surface area contributed by atoms with E-state index >= 15 is 0 Å². The van der Waals surface area contributed by atoms with Crippen molar-refractivity contribution in [1.29, 1.82) is 0 Å². The third kappa shape index (κ3) is 2.17. The van der Waals surface area contributed by atoms with Crippen LogP contribution in [0, 0.1) is 0 Å². The topological polar surface area (TPSA) is 32.8 Å². The van der Waals surface area contributed by atoms with E-state index in [1.165, 1.54) is 0 Å². The smallest absolute Gasteiger partial charge is 0.253 e. The van der Waals surface area contributed by atoms with Crippen molar-refractivity contribution in [3.05, 3.63) is 34.9 Å². The van der Waals surface area contributed by atoms with E-state index in [9.17, 15) is 4.79 Å². The zero-order chi connectivity index (χ0) is 11.9. The summed E-state index contributed by atoms with van der Waals surface area (Å²) in [6.45, 7) is 2.46. The molecule has 4 heteroatoms. The summed E-state index contributed by atoms with van der Waals surface area (Å²) in [6, 6.07) is 7.07. The minimum atomic E-state index is 0.0946. The Morgan fingerprint density at radius 2 is 1.82 bits per heavy atom. The fourth-order valence-electron chi connectivity index (χ4n) is 2.28. The Bertz CT molecular complexity index is 429. The number of hydrogen-bond donors (Lipinski definition) is 0. The largest absolute Gasteiger partial charge is 0.369 e. The van der Waals surface area contributed by atoms with E-state index in [0.29, 0.717) is 10.6 Å². The standard InChI is InChI=1S/C13H14ClNO2/c14-11-3-1-10(2-4-11)12(16)15-7-5-13(6-8-15)9-17-13/h1-4H,5-9H2. The number of nitrogens with zero attached hydrogens (tertiary/aromatic N) is 1. The molecule has 0 radical (unpaired) electrons. The highest BCUT2D eigenvalue weighted by molar-refractivity contribution is 6.30. The Morgan fingerprint density at radius 3 is 2.35 bits per heavy atom. The molecular formula is C13H14ClNO2. The van der Waals surface area contributed by atoms with Crippen molar-refractivity contribution in [2.75, 3.05) is 19.7 Å². The van der Waals surface area contributed by atoms with E-state index in [0.717, 1.165) is 32.5 Å². The summed E-state index contributed by atoms with van der Waals surface area (Å²) >= 11 is 5.81. The zero-order valence-electron chi connectivity index (χ0n) is 9.49. The van der Waals surface area contributed by atoms with Crippen molar-refractivity contribution >= 4 is 17.5 Å². The lowest BCUT2D eigenvalue weighted by Gasteiger charge is -2.30. The third-order valence-corrected chi connectivity index (χ3v) is 3.86. The monoisotopic (exact) mass is 251 g/mol. The first-order valence-electron chi connectivity index (χ1n) is 5.87. The van der Waals surface area contributed by atoms with E-state index in [4.69, 9.17) is 16.3 Å². The molecule has 0 N–H and O–H groups in total. The summed E-state index contributed by atoms with van der Waals surface area (Å²) in [7, 11) is 0. The third-order valence-electron chi connectivity index (χ3n) is 3.61. The summed E-state index contributed by atoms with van der Waals surface area (Å²) in [5, 5.41) is 0.658. The summed E-state index contributed by atoms with van der Waals surface area (Å²) in [4.78, 5) is 14.1. The van der Waals surface area contributed by atoms with Gasteiger partial charge in [0.1, 0.15) is 0 Å². The highest BCUT2D eigenvalue weighted by Gasteiger charge is 2.47. The average Bonchev–Trinajstić information content (AvgIpc) is 3.10. The number of rotatable bonds is 1. The van der Waals surface area contributed by atoms with Crippen LogP contribution >= 0.6 is 11.6 Å². The number of hydrogen-bond acceptors (Lipinski definition) is 2. The molecule has 3 nitrogen and oxygen atoms in total. The lowest BCUT2D eigenvalue weighted by atomic mass is 9.97. The molecule has 0 unspecified atom stereocenters. The zero-order valence-corrected chi connectivity index (χ0v) is 10.2. The van der Waals surface area contributed by atoms with Gasteiger partial charge in [0.05, 0.1) is 12.2 Å². The molecule has 0 aromatic heterocycles. The molecule has 2 heterocycles. The van der Waals surface area contributed by atoms with Crippen molar-refractivity contribution in [3.8, 4) is 0 Å². The molecule has 2 saturated heterocycles. The van der Waals surface area contributed by atoms with Gasteiger partial charge < -0.3 is 9.64 Å².